The number of carbonyl (C=O) groups is 2. The normalized spacial score (nSPS) is 16.0. The maximum atomic E-state index is 12.8. The molecule has 0 radical (unpaired) electrons. The first-order valence-corrected chi connectivity index (χ1v) is 8.74. The van der Waals surface area contributed by atoms with E-state index in [2.05, 4.69) is 5.32 Å². The Morgan fingerprint density at radius 3 is 2.61 bits per heavy atom. The van der Waals surface area contributed by atoms with Crippen molar-refractivity contribution in [3.8, 4) is 0 Å². The monoisotopic (exact) mass is 413 g/mol. The van der Waals surface area contributed by atoms with Crippen molar-refractivity contribution in [1.82, 2.24) is 5.32 Å². The number of nitro benzene ring substituents is 1. The number of rotatable bonds is 4. The van der Waals surface area contributed by atoms with Crippen molar-refractivity contribution in [3.63, 3.8) is 0 Å². The third-order valence-corrected chi connectivity index (χ3v) is 4.36. The van der Waals surface area contributed by atoms with Gasteiger partial charge in [-0.3, -0.25) is 29.9 Å². The number of carbonyl (C=O) groups excluding carboxylic acids is 2. The summed E-state index contributed by atoms with van der Waals surface area (Å²) < 4.78 is 0. The van der Waals surface area contributed by atoms with Crippen LogP contribution in [0, 0.1) is 10.1 Å². The van der Waals surface area contributed by atoms with E-state index in [1.807, 2.05) is 0 Å². The van der Waals surface area contributed by atoms with Gasteiger partial charge in [-0.25, -0.2) is 0 Å². The summed E-state index contributed by atoms with van der Waals surface area (Å²) in [7, 11) is 0. The Labute approximate surface area is 170 Å². The number of para-hydroxylation sites is 1. The number of hydrogen-bond donors (Lipinski definition) is 1. The number of nitrogens with one attached hydrogen (secondary N) is 1. The molecule has 0 saturated carbocycles. The van der Waals surface area contributed by atoms with Gasteiger partial charge >= 0.3 is 0 Å². The Morgan fingerprint density at radius 1 is 1.14 bits per heavy atom. The summed E-state index contributed by atoms with van der Waals surface area (Å²) in [6, 6.07) is 12.6. The van der Waals surface area contributed by atoms with Gasteiger partial charge in [0.1, 0.15) is 5.57 Å². The number of benzene rings is 2. The highest BCUT2D eigenvalue weighted by atomic mass is 35.5. The fraction of sp³-hybridized carbons (Fsp3) is 0. The van der Waals surface area contributed by atoms with E-state index in [9.17, 15) is 19.7 Å². The molecule has 1 aliphatic heterocycles. The topological polar surface area (TPSA) is 92.6 Å². The number of nitrogens with zero attached hydrogens (tertiary/aromatic N) is 2. The van der Waals surface area contributed by atoms with Crippen molar-refractivity contribution >= 4 is 58.2 Å². The number of amides is 2. The van der Waals surface area contributed by atoms with E-state index in [4.69, 9.17) is 23.8 Å². The second-order valence-electron chi connectivity index (χ2n) is 5.64. The molecule has 0 bridgehead atoms. The zero-order valence-electron chi connectivity index (χ0n) is 14.2. The van der Waals surface area contributed by atoms with Crippen LogP contribution in [-0.4, -0.2) is 21.9 Å². The molecule has 0 aromatic heterocycles. The minimum atomic E-state index is -0.652. The summed E-state index contributed by atoms with van der Waals surface area (Å²) in [6.45, 7) is 0. The van der Waals surface area contributed by atoms with Gasteiger partial charge in [-0.15, -0.1) is 0 Å². The Bertz CT molecular complexity index is 1060. The number of anilines is 1. The molecule has 2 amide bonds. The minimum Gasteiger partial charge on any atom is -0.298 e. The summed E-state index contributed by atoms with van der Waals surface area (Å²) in [5.41, 5.74) is 0.507. The number of thiocarbonyl (C=S) groups is 1. The molecule has 3 rings (SSSR count). The molecule has 0 atom stereocenters. The largest absolute Gasteiger partial charge is 0.298 e. The fourth-order valence-electron chi connectivity index (χ4n) is 2.57. The summed E-state index contributed by atoms with van der Waals surface area (Å²) >= 11 is 11.1. The molecule has 9 heteroatoms. The molecule has 1 N–H and O–H groups in total. The highest BCUT2D eigenvalue weighted by molar-refractivity contribution is 7.80. The molecular formula is C19H12ClN3O4S. The summed E-state index contributed by atoms with van der Waals surface area (Å²) in [4.78, 5) is 36.7. The van der Waals surface area contributed by atoms with Crippen molar-refractivity contribution < 1.29 is 14.5 Å². The molecule has 2 aromatic carbocycles. The van der Waals surface area contributed by atoms with Crippen molar-refractivity contribution in [2.75, 3.05) is 4.90 Å². The van der Waals surface area contributed by atoms with Crippen LogP contribution in [-0.2, 0) is 9.59 Å². The maximum absolute atomic E-state index is 12.8. The van der Waals surface area contributed by atoms with Gasteiger partial charge in [0.25, 0.3) is 17.5 Å². The lowest BCUT2D eigenvalue weighted by molar-refractivity contribution is -0.385. The summed E-state index contributed by atoms with van der Waals surface area (Å²) in [5, 5.41) is 13.9. The van der Waals surface area contributed by atoms with Crippen molar-refractivity contribution in [3.05, 3.63) is 87.0 Å². The number of allylic oxidation sites excluding steroid dienone is 2. The SMILES string of the molecule is O=C1NC(=S)N(c2cccc(Cl)c2)C(=O)/C1=C/C=C/c1ccccc1[N+](=O)[O-]. The lowest BCUT2D eigenvalue weighted by Crippen LogP contribution is -2.54. The van der Waals surface area contributed by atoms with Gasteiger partial charge in [-0.05, 0) is 48.6 Å². The van der Waals surface area contributed by atoms with Crippen LogP contribution in [0.3, 0.4) is 0 Å². The van der Waals surface area contributed by atoms with Gasteiger partial charge in [-0.2, -0.15) is 0 Å². The van der Waals surface area contributed by atoms with Crippen molar-refractivity contribution in [1.29, 1.82) is 0 Å². The van der Waals surface area contributed by atoms with Gasteiger partial charge < -0.3 is 0 Å². The molecule has 0 aliphatic carbocycles. The van der Waals surface area contributed by atoms with E-state index in [0.717, 1.165) is 4.90 Å². The molecule has 1 fully saturated rings. The quantitative estimate of drug-likeness (QED) is 0.271. The van der Waals surface area contributed by atoms with E-state index >= 15 is 0 Å². The lowest BCUT2D eigenvalue weighted by atomic mass is 10.1. The molecule has 28 heavy (non-hydrogen) atoms. The Kier molecular flexibility index (Phi) is 5.62. The molecule has 1 heterocycles. The number of hydrogen-bond acceptors (Lipinski definition) is 5. The highest BCUT2D eigenvalue weighted by Crippen LogP contribution is 2.24. The highest BCUT2D eigenvalue weighted by Gasteiger charge is 2.34. The van der Waals surface area contributed by atoms with E-state index < -0.39 is 16.7 Å². The van der Waals surface area contributed by atoms with E-state index in [1.54, 1.807) is 42.5 Å². The van der Waals surface area contributed by atoms with Crippen LogP contribution in [0.2, 0.25) is 5.02 Å². The van der Waals surface area contributed by atoms with Crippen LogP contribution in [0.5, 0.6) is 0 Å². The van der Waals surface area contributed by atoms with E-state index in [1.165, 1.54) is 24.3 Å². The zero-order chi connectivity index (χ0) is 20.3. The average molecular weight is 414 g/mol. The minimum absolute atomic E-state index is 0.0582. The second-order valence-corrected chi connectivity index (χ2v) is 6.46. The molecule has 7 nitrogen and oxygen atoms in total. The first-order valence-electron chi connectivity index (χ1n) is 7.95. The third kappa shape index (κ3) is 3.98. The molecule has 1 aliphatic rings. The predicted molar refractivity (Wildman–Crippen MR) is 110 cm³/mol. The van der Waals surface area contributed by atoms with E-state index in [0.29, 0.717) is 16.3 Å². The molecular weight excluding hydrogens is 402 g/mol. The maximum Gasteiger partial charge on any atom is 0.276 e. The smallest absolute Gasteiger partial charge is 0.276 e. The van der Waals surface area contributed by atoms with Crippen LogP contribution < -0.4 is 10.2 Å². The van der Waals surface area contributed by atoms with Gasteiger partial charge in [-0.1, -0.05) is 35.9 Å². The second kappa shape index (κ2) is 8.12. The number of halogens is 1. The first-order chi connectivity index (χ1) is 13.4. The van der Waals surface area contributed by atoms with Gasteiger partial charge in [0.05, 0.1) is 16.2 Å². The van der Waals surface area contributed by atoms with Crippen LogP contribution in [0.4, 0.5) is 11.4 Å². The molecule has 1 saturated heterocycles. The molecule has 0 spiro atoms. The van der Waals surface area contributed by atoms with Crippen molar-refractivity contribution in [2.24, 2.45) is 0 Å². The Hall–Kier alpha value is -3.36. The molecule has 0 unspecified atom stereocenters. The third-order valence-electron chi connectivity index (χ3n) is 3.84. The lowest BCUT2D eigenvalue weighted by Gasteiger charge is -2.28. The Balaban J connectivity index is 1.93. The number of nitro groups is 1. The predicted octanol–water partition coefficient (Wildman–Crippen LogP) is 3.64. The van der Waals surface area contributed by atoms with Crippen LogP contribution in [0.15, 0.2) is 66.3 Å². The standard InChI is InChI=1S/C19H12ClN3O4S/c20-13-7-4-8-14(11-13)22-18(25)15(17(24)21-19(22)28)9-3-6-12-5-1-2-10-16(12)23(26)27/h1-11H,(H,21,24,28)/b6-3+,15-9+. The fourth-order valence-corrected chi connectivity index (χ4v) is 3.04. The first kappa shape index (κ1) is 19.4. The van der Waals surface area contributed by atoms with Gasteiger partial charge in [0.2, 0.25) is 0 Å². The van der Waals surface area contributed by atoms with Crippen molar-refractivity contribution in [2.45, 2.75) is 0 Å². The van der Waals surface area contributed by atoms with Gasteiger partial charge in [0.15, 0.2) is 5.11 Å². The van der Waals surface area contributed by atoms with Gasteiger partial charge in [0, 0.05) is 11.1 Å². The Morgan fingerprint density at radius 2 is 1.89 bits per heavy atom. The zero-order valence-corrected chi connectivity index (χ0v) is 15.7. The van der Waals surface area contributed by atoms with E-state index in [-0.39, 0.29) is 16.4 Å². The summed E-state index contributed by atoms with van der Waals surface area (Å²) in [5.74, 6) is -1.27. The van der Waals surface area contributed by atoms with Crippen LogP contribution >= 0.6 is 23.8 Å². The molecule has 140 valence electrons. The van der Waals surface area contributed by atoms with Crippen LogP contribution in [0.25, 0.3) is 6.08 Å². The van der Waals surface area contributed by atoms with Crippen LogP contribution in [0.1, 0.15) is 5.56 Å². The molecule has 2 aromatic rings. The summed E-state index contributed by atoms with van der Waals surface area (Å²) in [6.07, 6.45) is 4.13. The average Bonchev–Trinajstić information content (AvgIpc) is 2.64.